The number of allylic oxidation sites excluding steroid dienone is 5. The van der Waals surface area contributed by atoms with Crippen molar-refractivity contribution in [1.29, 1.82) is 0 Å². The second kappa shape index (κ2) is 14.0. The van der Waals surface area contributed by atoms with Crippen molar-refractivity contribution in [3.63, 3.8) is 0 Å². The topological polar surface area (TPSA) is 8.17 Å². The minimum atomic E-state index is -0.283. The van der Waals surface area contributed by atoms with Crippen molar-refractivity contribution in [1.82, 2.24) is 4.57 Å². The highest BCUT2D eigenvalue weighted by Crippen LogP contribution is 2.54. The van der Waals surface area contributed by atoms with Gasteiger partial charge in [-0.1, -0.05) is 140 Å². The minimum Gasteiger partial charge on any atom is -0.314 e. The van der Waals surface area contributed by atoms with Gasteiger partial charge >= 0.3 is 0 Å². The van der Waals surface area contributed by atoms with Gasteiger partial charge in [-0.05, 0) is 121 Å². The van der Waals surface area contributed by atoms with Gasteiger partial charge in [0.2, 0.25) is 0 Å². The third-order valence-electron chi connectivity index (χ3n) is 11.0. The summed E-state index contributed by atoms with van der Waals surface area (Å²) in [4.78, 5) is 2.31. The predicted octanol–water partition coefficient (Wildman–Crippen LogP) is 13.3. The summed E-state index contributed by atoms with van der Waals surface area (Å²) in [5.41, 5.74) is 16.7. The lowest BCUT2D eigenvalue weighted by atomic mass is 9.72. The van der Waals surface area contributed by atoms with Gasteiger partial charge in [-0.3, -0.25) is 0 Å². The van der Waals surface area contributed by atoms with Crippen LogP contribution in [0.4, 0.5) is 5.69 Å². The fourth-order valence-electron chi connectivity index (χ4n) is 8.38. The molecule has 0 saturated carbocycles. The monoisotopic (exact) mass is 684 g/mol. The van der Waals surface area contributed by atoms with Crippen LogP contribution in [0.1, 0.15) is 54.3 Å². The maximum absolute atomic E-state index is 4.34. The summed E-state index contributed by atoms with van der Waals surface area (Å²) in [5.74, 6) is 0. The number of nitrogens with zero attached hydrogens (tertiary/aromatic N) is 2. The molecule has 0 aliphatic heterocycles. The molecule has 0 radical (unpaired) electrons. The van der Waals surface area contributed by atoms with Crippen LogP contribution in [0, 0.1) is 6.92 Å². The van der Waals surface area contributed by atoms with Crippen molar-refractivity contribution in [2.24, 2.45) is 0 Å². The van der Waals surface area contributed by atoms with Gasteiger partial charge in [-0.2, -0.15) is 0 Å². The first kappa shape index (κ1) is 33.7. The molecule has 2 nitrogen and oxygen atoms in total. The summed E-state index contributed by atoms with van der Waals surface area (Å²) in [6.45, 7) is 13.4. The van der Waals surface area contributed by atoms with Gasteiger partial charge < -0.3 is 9.47 Å². The Kier molecular flexibility index (Phi) is 8.90. The molecule has 1 unspecified atom stereocenters. The summed E-state index contributed by atoms with van der Waals surface area (Å²) >= 11 is 0. The predicted molar refractivity (Wildman–Crippen MR) is 226 cm³/mol. The highest BCUT2D eigenvalue weighted by Gasteiger charge is 2.42. The number of para-hydroxylation sites is 3. The molecular formula is C51H44N2. The van der Waals surface area contributed by atoms with Crippen LogP contribution in [0.25, 0.3) is 39.4 Å². The molecular weight excluding hydrogens is 641 g/mol. The smallest absolute Gasteiger partial charge is 0.0537 e. The molecule has 0 N–H and O–H groups in total. The number of anilines is 1. The highest BCUT2D eigenvalue weighted by molar-refractivity contribution is 5.91. The summed E-state index contributed by atoms with van der Waals surface area (Å²) in [6.07, 6.45) is 8.76. The average molecular weight is 685 g/mol. The van der Waals surface area contributed by atoms with Crippen molar-refractivity contribution in [3.05, 3.63) is 227 Å². The highest BCUT2D eigenvalue weighted by atomic mass is 15.2. The van der Waals surface area contributed by atoms with Gasteiger partial charge in [0, 0.05) is 33.6 Å². The van der Waals surface area contributed by atoms with E-state index in [-0.39, 0.29) is 5.41 Å². The van der Waals surface area contributed by atoms with E-state index in [1.165, 1.54) is 55.4 Å². The van der Waals surface area contributed by atoms with E-state index in [4.69, 9.17) is 0 Å². The average Bonchev–Trinajstić information content (AvgIpc) is 3.65. The van der Waals surface area contributed by atoms with Crippen LogP contribution in [-0.2, 0) is 5.41 Å². The zero-order valence-corrected chi connectivity index (χ0v) is 30.9. The Morgan fingerprint density at radius 1 is 0.660 bits per heavy atom. The molecule has 1 aromatic heterocycles. The number of rotatable bonds is 9. The molecule has 0 bridgehead atoms. The summed E-state index contributed by atoms with van der Waals surface area (Å²) in [7, 11) is 0. The van der Waals surface area contributed by atoms with E-state index in [0.717, 1.165) is 28.5 Å². The van der Waals surface area contributed by atoms with Gasteiger partial charge in [0.25, 0.3) is 0 Å². The molecule has 6 aromatic carbocycles. The summed E-state index contributed by atoms with van der Waals surface area (Å²) in [5, 5.41) is 1.25. The first-order chi connectivity index (χ1) is 25.9. The van der Waals surface area contributed by atoms with E-state index in [1.807, 2.05) is 6.08 Å². The zero-order chi connectivity index (χ0) is 36.5. The third-order valence-corrected chi connectivity index (χ3v) is 11.0. The molecule has 1 aliphatic carbocycles. The number of hydrogen-bond donors (Lipinski definition) is 0. The molecule has 1 aliphatic rings. The summed E-state index contributed by atoms with van der Waals surface area (Å²) in [6, 6.07) is 56.5. The van der Waals surface area contributed by atoms with Crippen LogP contribution >= 0.6 is 0 Å². The molecule has 1 heterocycles. The Labute approximate surface area is 314 Å². The lowest BCUT2D eigenvalue weighted by Gasteiger charge is -2.30. The molecule has 0 saturated heterocycles. The number of hydrogen-bond acceptors (Lipinski definition) is 1. The van der Waals surface area contributed by atoms with Gasteiger partial charge in [0.1, 0.15) is 0 Å². The van der Waals surface area contributed by atoms with Crippen LogP contribution < -0.4 is 4.90 Å². The second-order valence-corrected chi connectivity index (χ2v) is 14.1. The number of fused-ring (bicyclic) bond motifs is 4. The minimum absolute atomic E-state index is 0.283. The van der Waals surface area contributed by atoms with Gasteiger partial charge in [-0.25, -0.2) is 0 Å². The van der Waals surface area contributed by atoms with E-state index in [1.54, 1.807) is 0 Å². The van der Waals surface area contributed by atoms with E-state index in [0.29, 0.717) is 0 Å². The Morgan fingerprint density at radius 3 is 2.02 bits per heavy atom. The van der Waals surface area contributed by atoms with Gasteiger partial charge in [0.05, 0.1) is 11.2 Å². The first-order valence-electron chi connectivity index (χ1n) is 18.4. The van der Waals surface area contributed by atoms with Crippen molar-refractivity contribution in [3.8, 4) is 16.8 Å². The van der Waals surface area contributed by atoms with E-state index >= 15 is 0 Å². The van der Waals surface area contributed by atoms with Crippen molar-refractivity contribution < 1.29 is 0 Å². The largest absolute Gasteiger partial charge is 0.314 e. The van der Waals surface area contributed by atoms with Gasteiger partial charge in [0.15, 0.2) is 0 Å². The fourth-order valence-corrected chi connectivity index (χ4v) is 8.38. The van der Waals surface area contributed by atoms with Crippen LogP contribution in [0.2, 0.25) is 0 Å². The Hall–Kier alpha value is -6.38. The molecule has 53 heavy (non-hydrogen) atoms. The normalized spacial score (nSPS) is 15.7. The van der Waals surface area contributed by atoms with E-state index < -0.39 is 0 Å². The number of aryl methyl sites for hydroxylation is 1. The van der Waals surface area contributed by atoms with E-state index in [2.05, 4.69) is 220 Å². The van der Waals surface area contributed by atoms with Crippen LogP contribution in [0.15, 0.2) is 194 Å². The molecule has 1 atom stereocenters. The fraction of sp³-hybridized carbons (Fsp3) is 0.0980. The Bertz CT molecular complexity index is 2550. The Balaban J connectivity index is 1.26. The SMILES string of the molecule is C=C/C(=C\C=C(/C)c1cccc2c1C(C)(c1ccccc1)c1ccccc1-2)N(/C(C)=C/c1c(C)c2ccccc2n1-c1ccccc1)c1ccccc1. The molecule has 0 fully saturated rings. The molecule has 8 rings (SSSR count). The maximum atomic E-state index is 4.34. The van der Waals surface area contributed by atoms with E-state index in [9.17, 15) is 0 Å². The standard InChI is InChI=1S/C51H44N2/c1-6-40(34-33-36(2)43-29-20-30-46-45-28-16-18-31-47(45)51(5,50(43)46)39-21-10-7-11-22-39)52(41-23-12-8-13-24-41)37(3)35-49-38(4)44-27-17-19-32-48(44)53(49)42-25-14-9-15-26-42/h6-35H,1H2,2-5H3/b36-33+,37-35+,40-34+. The van der Waals surface area contributed by atoms with Crippen molar-refractivity contribution >= 4 is 28.2 Å². The molecule has 258 valence electrons. The number of benzene rings is 6. The zero-order valence-electron chi connectivity index (χ0n) is 30.9. The molecule has 7 aromatic rings. The van der Waals surface area contributed by atoms with Crippen molar-refractivity contribution in [2.45, 2.75) is 33.1 Å². The lowest BCUT2D eigenvalue weighted by molar-refractivity contribution is 0.711. The Morgan fingerprint density at radius 2 is 1.28 bits per heavy atom. The molecule has 0 amide bonds. The quantitative estimate of drug-likeness (QED) is 0.137. The summed E-state index contributed by atoms with van der Waals surface area (Å²) < 4.78 is 2.37. The molecule has 2 heteroatoms. The van der Waals surface area contributed by atoms with Crippen molar-refractivity contribution in [2.75, 3.05) is 4.90 Å². The maximum Gasteiger partial charge on any atom is 0.0537 e. The number of aromatic nitrogens is 1. The molecule has 0 spiro atoms. The lowest BCUT2D eigenvalue weighted by Crippen LogP contribution is -2.23. The van der Waals surface area contributed by atoms with Crippen LogP contribution in [0.5, 0.6) is 0 Å². The van der Waals surface area contributed by atoms with Crippen LogP contribution in [-0.4, -0.2) is 4.57 Å². The van der Waals surface area contributed by atoms with Gasteiger partial charge in [-0.15, -0.1) is 0 Å². The van der Waals surface area contributed by atoms with Crippen LogP contribution in [0.3, 0.4) is 0 Å². The first-order valence-corrected chi connectivity index (χ1v) is 18.4. The second-order valence-electron chi connectivity index (χ2n) is 14.1. The third kappa shape index (κ3) is 5.77.